The molecule has 2 heterocycles. The first kappa shape index (κ1) is 16.8. The van der Waals surface area contributed by atoms with E-state index in [4.69, 9.17) is 10.5 Å². The summed E-state index contributed by atoms with van der Waals surface area (Å²) in [5.41, 5.74) is 7.03. The lowest BCUT2D eigenvalue weighted by atomic mass is 9.85. The second-order valence-corrected chi connectivity index (χ2v) is 6.83. The van der Waals surface area contributed by atoms with Crippen LogP contribution in [0.15, 0.2) is 30.4 Å². The van der Waals surface area contributed by atoms with Gasteiger partial charge in [0.25, 0.3) is 5.91 Å². The van der Waals surface area contributed by atoms with Crippen LogP contribution >= 0.6 is 0 Å². The second kappa shape index (κ2) is 6.57. The molecule has 2 aliphatic heterocycles. The maximum atomic E-state index is 12.7. The van der Waals surface area contributed by atoms with E-state index in [1.807, 2.05) is 17.1 Å². The second-order valence-electron chi connectivity index (χ2n) is 6.83. The highest BCUT2D eigenvalue weighted by Crippen LogP contribution is 2.38. The van der Waals surface area contributed by atoms with Gasteiger partial charge in [-0.3, -0.25) is 19.3 Å². The number of imide groups is 1. The van der Waals surface area contributed by atoms with Gasteiger partial charge in [-0.05, 0) is 31.0 Å². The lowest BCUT2D eigenvalue weighted by Gasteiger charge is -2.30. The zero-order valence-corrected chi connectivity index (χ0v) is 14.4. The van der Waals surface area contributed by atoms with E-state index in [-0.39, 0.29) is 23.7 Å². The van der Waals surface area contributed by atoms with Crippen LogP contribution in [0.25, 0.3) is 0 Å². The van der Waals surface area contributed by atoms with Crippen molar-refractivity contribution in [2.24, 2.45) is 17.6 Å². The van der Waals surface area contributed by atoms with Crippen molar-refractivity contribution in [1.29, 1.82) is 0 Å². The molecule has 7 nitrogen and oxygen atoms in total. The number of nitrogens with zero attached hydrogens (tertiary/aromatic N) is 2. The van der Waals surface area contributed by atoms with Crippen molar-refractivity contribution < 1.29 is 19.1 Å². The molecule has 7 heteroatoms. The summed E-state index contributed by atoms with van der Waals surface area (Å²) in [5, 5.41) is 0. The Morgan fingerprint density at radius 1 is 1.04 bits per heavy atom. The number of amides is 3. The van der Waals surface area contributed by atoms with E-state index in [9.17, 15) is 14.4 Å². The van der Waals surface area contributed by atoms with Gasteiger partial charge in [-0.1, -0.05) is 12.2 Å². The highest BCUT2D eigenvalue weighted by Gasteiger charge is 2.48. The molecule has 136 valence electrons. The Balaban J connectivity index is 1.69. The predicted molar refractivity (Wildman–Crippen MR) is 95.8 cm³/mol. The third-order valence-corrected chi connectivity index (χ3v) is 5.36. The Morgan fingerprint density at radius 2 is 1.65 bits per heavy atom. The highest BCUT2D eigenvalue weighted by atomic mass is 16.5. The number of anilines is 2. The van der Waals surface area contributed by atoms with E-state index in [1.165, 1.54) is 4.90 Å². The first-order valence-corrected chi connectivity index (χ1v) is 8.87. The number of benzene rings is 1. The summed E-state index contributed by atoms with van der Waals surface area (Å²) in [7, 11) is 0. The Morgan fingerprint density at radius 3 is 2.23 bits per heavy atom. The van der Waals surface area contributed by atoms with Crippen LogP contribution in [-0.4, -0.2) is 44.0 Å². The van der Waals surface area contributed by atoms with Gasteiger partial charge in [0.15, 0.2) is 0 Å². The van der Waals surface area contributed by atoms with Gasteiger partial charge in [0.1, 0.15) is 0 Å². The Hall–Kier alpha value is -2.67. The first-order chi connectivity index (χ1) is 12.6. The molecule has 0 radical (unpaired) electrons. The number of nitrogens with two attached hydrogens (primary N) is 1. The monoisotopic (exact) mass is 355 g/mol. The van der Waals surface area contributed by atoms with Gasteiger partial charge in [-0.15, -0.1) is 0 Å². The summed E-state index contributed by atoms with van der Waals surface area (Å²) in [6.45, 7) is 2.49. The molecule has 2 unspecified atom stereocenters. The molecular weight excluding hydrogens is 334 g/mol. The minimum Gasteiger partial charge on any atom is -0.378 e. The number of rotatable bonds is 3. The fourth-order valence-electron chi connectivity index (χ4n) is 4.00. The molecule has 4 rings (SSSR count). The Labute approximate surface area is 151 Å². The van der Waals surface area contributed by atoms with Gasteiger partial charge in [-0.25, -0.2) is 0 Å². The molecule has 2 saturated heterocycles. The fourth-order valence-corrected chi connectivity index (χ4v) is 4.00. The smallest absolute Gasteiger partial charge is 0.250 e. The average molecular weight is 355 g/mol. The molecule has 1 aromatic carbocycles. The van der Waals surface area contributed by atoms with Crippen LogP contribution in [0.5, 0.6) is 0 Å². The molecule has 3 aliphatic rings. The Bertz CT molecular complexity index is 772. The maximum absolute atomic E-state index is 12.7. The number of hydrogen-bond acceptors (Lipinski definition) is 5. The standard InChI is InChI=1S/C19H21N3O4/c20-17(23)15-11-12(5-6-16(15)21-7-9-26-10-8-21)22-18(24)13-3-1-2-4-14(13)19(22)25/h1-2,5-6,11,13-14H,3-4,7-10H2,(H2,20,23). The first-order valence-electron chi connectivity index (χ1n) is 8.87. The van der Waals surface area contributed by atoms with E-state index in [0.717, 1.165) is 0 Å². The van der Waals surface area contributed by atoms with E-state index in [2.05, 4.69) is 0 Å². The number of hydrogen-bond donors (Lipinski definition) is 1. The zero-order chi connectivity index (χ0) is 18.3. The molecule has 1 aliphatic carbocycles. The number of fused-ring (bicyclic) bond motifs is 1. The van der Waals surface area contributed by atoms with Crippen molar-refractivity contribution in [2.45, 2.75) is 12.8 Å². The Kier molecular flexibility index (Phi) is 4.24. The van der Waals surface area contributed by atoms with Crippen molar-refractivity contribution in [2.75, 3.05) is 36.1 Å². The topological polar surface area (TPSA) is 92.9 Å². The van der Waals surface area contributed by atoms with Crippen molar-refractivity contribution in [3.63, 3.8) is 0 Å². The van der Waals surface area contributed by atoms with Crippen molar-refractivity contribution in [3.05, 3.63) is 35.9 Å². The molecule has 1 aromatic rings. The molecule has 0 aromatic heterocycles. The van der Waals surface area contributed by atoms with Gasteiger partial charge in [0, 0.05) is 18.8 Å². The van der Waals surface area contributed by atoms with Crippen LogP contribution in [0.3, 0.4) is 0 Å². The van der Waals surface area contributed by atoms with E-state index in [1.54, 1.807) is 18.2 Å². The normalized spacial score (nSPS) is 25.5. The summed E-state index contributed by atoms with van der Waals surface area (Å²) in [6, 6.07) is 5.05. The van der Waals surface area contributed by atoms with Gasteiger partial charge < -0.3 is 15.4 Å². The summed E-state index contributed by atoms with van der Waals surface area (Å²) < 4.78 is 5.35. The molecule has 0 spiro atoms. The van der Waals surface area contributed by atoms with Gasteiger partial charge in [0.2, 0.25) is 11.8 Å². The molecule has 0 saturated carbocycles. The SMILES string of the molecule is NC(=O)c1cc(N2C(=O)C3CC=CCC3C2=O)ccc1N1CCOCC1. The molecule has 2 atom stereocenters. The van der Waals surface area contributed by atoms with E-state index < -0.39 is 5.91 Å². The van der Waals surface area contributed by atoms with Crippen LogP contribution in [0.1, 0.15) is 23.2 Å². The molecule has 26 heavy (non-hydrogen) atoms. The molecule has 3 amide bonds. The van der Waals surface area contributed by atoms with Gasteiger partial charge in [-0.2, -0.15) is 0 Å². The van der Waals surface area contributed by atoms with E-state index >= 15 is 0 Å². The third-order valence-electron chi connectivity index (χ3n) is 5.36. The van der Waals surface area contributed by atoms with Crippen molar-refractivity contribution in [1.82, 2.24) is 0 Å². The highest BCUT2D eigenvalue weighted by molar-refractivity contribution is 6.22. The predicted octanol–water partition coefficient (Wildman–Crippen LogP) is 1.08. The summed E-state index contributed by atoms with van der Waals surface area (Å²) >= 11 is 0. The number of primary amides is 1. The molecule has 2 N–H and O–H groups in total. The molecular formula is C19H21N3O4. The van der Waals surface area contributed by atoms with E-state index in [0.29, 0.717) is 56.1 Å². The minimum atomic E-state index is -0.577. The number of allylic oxidation sites excluding steroid dienone is 2. The fraction of sp³-hybridized carbons (Fsp3) is 0.421. The summed E-state index contributed by atoms with van der Waals surface area (Å²) in [4.78, 5) is 40.8. The van der Waals surface area contributed by atoms with Gasteiger partial charge >= 0.3 is 0 Å². The number of carbonyl (C=O) groups is 3. The quantitative estimate of drug-likeness (QED) is 0.647. The third kappa shape index (κ3) is 2.68. The minimum absolute atomic E-state index is 0.195. The van der Waals surface area contributed by atoms with Gasteiger partial charge in [0.05, 0.1) is 36.3 Å². The maximum Gasteiger partial charge on any atom is 0.250 e. The summed E-state index contributed by atoms with van der Waals surface area (Å²) in [5.74, 6) is -1.57. The number of ether oxygens (including phenoxy) is 1. The number of morpholine rings is 1. The molecule has 0 bridgehead atoms. The van der Waals surface area contributed by atoms with Crippen LogP contribution < -0.4 is 15.5 Å². The molecule has 2 fully saturated rings. The van der Waals surface area contributed by atoms with Crippen LogP contribution in [0.2, 0.25) is 0 Å². The number of carbonyl (C=O) groups excluding carboxylic acids is 3. The lowest BCUT2D eigenvalue weighted by Crippen LogP contribution is -2.37. The van der Waals surface area contributed by atoms with Crippen molar-refractivity contribution >= 4 is 29.1 Å². The average Bonchev–Trinajstić information content (AvgIpc) is 2.93. The van der Waals surface area contributed by atoms with Crippen LogP contribution in [0.4, 0.5) is 11.4 Å². The zero-order valence-electron chi connectivity index (χ0n) is 14.4. The summed E-state index contributed by atoms with van der Waals surface area (Å²) in [6.07, 6.45) is 5.07. The largest absolute Gasteiger partial charge is 0.378 e. The lowest BCUT2D eigenvalue weighted by molar-refractivity contribution is -0.122. The van der Waals surface area contributed by atoms with Crippen LogP contribution in [-0.2, 0) is 14.3 Å². The van der Waals surface area contributed by atoms with Crippen molar-refractivity contribution in [3.8, 4) is 0 Å². The van der Waals surface area contributed by atoms with Crippen LogP contribution in [0, 0.1) is 11.8 Å².